The fourth-order valence-electron chi connectivity index (χ4n) is 1.65. The van der Waals surface area contributed by atoms with Gasteiger partial charge in [-0.05, 0) is 40.5 Å². The number of Topliss-reactive ketones (excluding diaryl/α,β-unsaturated/α-hetero) is 1. The Labute approximate surface area is 145 Å². The van der Waals surface area contributed by atoms with Crippen molar-refractivity contribution in [1.82, 2.24) is 4.98 Å². The van der Waals surface area contributed by atoms with Crippen molar-refractivity contribution in [2.75, 3.05) is 6.61 Å². The molecule has 0 bridgehead atoms. The van der Waals surface area contributed by atoms with Crippen LogP contribution in [0.25, 0.3) is 0 Å². The fraction of sp³-hybridized carbons (Fsp3) is 0.286. The summed E-state index contributed by atoms with van der Waals surface area (Å²) in [5.41, 5.74) is 0. The lowest BCUT2D eigenvalue weighted by molar-refractivity contribution is -0.118. The molecule has 0 atom stereocenters. The van der Waals surface area contributed by atoms with Crippen molar-refractivity contribution >= 4 is 56.3 Å². The van der Waals surface area contributed by atoms with Crippen LogP contribution in [0.1, 0.15) is 17.8 Å². The van der Waals surface area contributed by atoms with Gasteiger partial charge in [0.2, 0.25) is 0 Å². The number of thiazole rings is 1. The molecule has 0 aliphatic heterocycles. The van der Waals surface area contributed by atoms with E-state index in [9.17, 15) is 4.79 Å². The van der Waals surface area contributed by atoms with Gasteiger partial charge >= 0.3 is 0 Å². The number of ketones is 1. The number of hydrogen-bond acceptors (Lipinski definition) is 4. The first-order chi connectivity index (χ1) is 10.0. The van der Waals surface area contributed by atoms with Gasteiger partial charge in [-0.2, -0.15) is 0 Å². The van der Waals surface area contributed by atoms with Crippen LogP contribution in [-0.4, -0.2) is 17.4 Å². The van der Waals surface area contributed by atoms with Crippen LogP contribution in [0, 0.1) is 0 Å². The number of ether oxygens (including phenoxy) is 1. The molecule has 1 aromatic carbocycles. The van der Waals surface area contributed by atoms with Crippen molar-refractivity contribution in [2.24, 2.45) is 0 Å². The zero-order chi connectivity index (χ0) is 15.2. The smallest absolute Gasteiger partial charge is 0.139 e. The molecule has 0 amide bonds. The third kappa shape index (κ3) is 5.58. The van der Waals surface area contributed by atoms with E-state index in [1.807, 2.05) is 12.1 Å². The van der Waals surface area contributed by atoms with Crippen LogP contribution in [0.2, 0.25) is 9.36 Å². The van der Waals surface area contributed by atoms with E-state index in [1.165, 1.54) is 11.3 Å². The Hall–Kier alpha value is -0.620. The maximum Gasteiger partial charge on any atom is 0.139 e. The van der Waals surface area contributed by atoms with Gasteiger partial charge < -0.3 is 4.74 Å². The summed E-state index contributed by atoms with van der Waals surface area (Å²) >= 11 is 16.4. The Balaban J connectivity index is 1.69. The van der Waals surface area contributed by atoms with Gasteiger partial charge in [-0.3, -0.25) is 4.79 Å². The molecule has 21 heavy (non-hydrogen) atoms. The van der Waals surface area contributed by atoms with Gasteiger partial charge in [-0.25, -0.2) is 4.98 Å². The summed E-state index contributed by atoms with van der Waals surface area (Å²) in [5, 5.41) is 1.36. The minimum Gasteiger partial charge on any atom is -0.494 e. The van der Waals surface area contributed by atoms with Gasteiger partial charge in [-0.1, -0.05) is 23.2 Å². The first-order valence-corrected chi connectivity index (χ1v) is 8.61. The molecule has 2 rings (SSSR count). The van der Waals surface area contributed by atoms with Crippen LogP contribution in [0.4, 0.5) is 0 Å². The van der Waals surface area contributed by atoms with Crippen LogP contribution in [0.3, 0.4) is 0 Å². The Kier molecular flexibility index (Phi) is 6.48. The van der Waals surface area contributed by atoms with E-state index in [4.69, 9.17) is 27.9 Å². The summed E-state index contributed by atoms with van der Waals surface area (Å²) in [7, 11) is 0. The van der Waals surface area contributed by atoms with Crippen molar-refractivity contribution in [3.8, 4) is 5.75 Å². The van der Waals surface area contributed by atoms with E-state index in [-0.39, 0.29) is 5.78 Å². The van der Waals surface area contributed by atoms with Crippen molar-refractivity contribution in [2.45, 2.75) is 19.3 Å². The van der Waals surface area contributed by atoms with Gasteiger partial charge in [0.05, 0.1) is 24.2 Å². The topological polar surface area (TPSA) is 39.2 Å². The van der Waals surface area contributed by atoms with Crippen molar-refractivity contribution < 1.29 is 9.53 Å². The van der Waals surface area contributed by atoms with Crippen LogP contribution >= 0.6 is 50.5 Å². The molecule has 3 nitrogen and oxygen atoms in total. The first-order valence-electron chi connectivity index (χ1n) is 6.24. The maximum atomic E-state index is 11.8. The summed E-state index contributed by atoms with van der Waals surface area (Å²) < 4.78 is 6.99. The molecule has 0 saturated heterocycles. The molecular weight excluding hydrogens is 397 g/mol. The number of carbonyl (C=O) groups is 1. The van der Waals surface area contributed by atoms with E-state index in [0.29, 0.717) is 41.0 Å². The third-order valence-electron chi connectivity index (χ3n) is 2.63. The molecule has 112 valence electrons. The van der Waals surface area contributed by atoms with Gasteiger partial charge in [0.15, 0.2) is 0 Å². The van der Waals surface area contributed by atoms with E-state index in [0.717, 1.165) is 9.48 Å². The SMILES string of the molecule is O=C(CCCOc1ccc(Br)c(Cl)c1)Cc1ncc(Cl)s1. The third-order valence-corrected chi connectivity index (χ3v) is 4.98. The normalized spacial score (nSPS) is 10.6. The molecule has 7 heteroatoms. The second kappa shape index (κ2) is 8.13. The minimum atomic E-state index is 0.137. The van der Waals surface area contributed by atoms with E-state index in [2.05, 4.69) is 20.9 Å². The molecule has 0 saturated carbocycles. The Morgan fingerprint density at radius 1 is 1.38 bits per heavy atom. The molecule has 2 aromatic rings. The van der Waals surface area contributed by atoms with Crippen molar-refractivity contribution in [1.29, 1.82) is 0 Å². The number of rotatable bonds is 7. The minimum absolute atomic E-state index is 0.137. The Morgan fingerprint density at radius 2 is 2.19 bits per heavy atom. The van der Waals surface area contributed by atoms with E-state index < -0.39 is 0 Å². The second-order valence-electron chi connectivity index (χ2n) is 4.30. The number of hydrogen-bond donors (Lipinski definition) is 0. The highest BCUT2D eigenvalue weighted by Crippen LogP contribution is 2.26. The van der Waals surface area contributed by atoms with Crippen LogP contribution < -0.4 is 4.74 Å². The number of nitrogens with zero attached hydrogens (tertiary/aromatic N) is 1. The lowest BCUT2D eigenvalue weighted by Crippen LogP contribution is -2.05. The largest absolute Gasteiger partial charge is 0.494 e. The lowest BCUT2D eigenvalue weighted by Gasteiger charge is -2.06. The molecule has 1 aromatic heterocycles. The molecule has 0 N–H and O–H groups in total. The zero-order valence-electron chi connectivity index (χ0n) is 10.9. The Bertz CT molecular complexity index is 633. The van der Waals surface area contributed by atoms with Crippen molar-refractivity contribution in [3.63, 3.8) is 0 Å². The highest BCUT2D eigenvalue weighted by molar-refractivity contribution is 9.10. The number of benzene rings is 1. The first kappa shape index (κ1) is 16.7. The van der Waals surface area contributed by atoms with Crippen LogP contribution in [0.5, 0.6) is 5.75 Å². The van der Waals surface area contributed by atoms with E-state index in [1.54, 1.807) is 12.3 Å². The number of carbonyl (C=O) groups excluding carboxylic acids is 1. The highest BCUT2D eigenvalue weighted by atomic mass is 79.9. The standard InChI is InChI=1S/C14H12BrCl2NO2S/c15-11-4-3-10(7-12(11)16)20-5-1-2-9(19)6-14-18-8-13(17)21-14/h3-4,7-8H,1-2,5-6H2. The summed E-state index contributed by atoms with van der Waals surface area (Å²) in [4.78, 5) is 15.8. The molecule has 1 heterocycles. The fourth-order valence-corrected chi connectivity index (χ4v) is 3.05. The average molecular weight is 409 g/mol. The molecule has 0 fully saturated rings. The second-order valence-corrected chi connectivity index (χ2v) is 7.31. The summed E-state index contributed by atoms with van der Waals surface area (Å²) in [5.74, 6) is 0.834. The molecule has 0 spiro atoms. The maximum absolute atomic E-state index is 11.8. The summed E-state index contributed by atoms with van der Waals surface area (Å²) in [6, 6.07) is 5.40. The van der Waals surface area contributed by atoms with Gasteiger partial charge in [-0.15, -0.1) is 11.3 Å². The van der Waals surface area contributed by atoms with Crippen molar-refractivity contribution in [3.05, 3.63) is 43.2 Å². The molecule has 0 aliphatic carbocycles. The van der Waals surface area contributed by atoms with Crippen LogP contribution in [-0.2, 0) is 11.2 Å². The Morgan fingerprint density at radius 3 is 2.86 bits per heavy atom. The number of halogens is 3. The van der Waals surface area contributed by atoms with Gasteiger partial charge in [0.25, 0.3) is 0 Å². The molecule has 0 unspecified atom stereocenters. The van der Waals surface area contributed by atoms with Crippen LogP contribution in [0.15, 0.2) is 28.9 Å². The highest BCUT2D eigenvalue weighted by Gasteiger charge is 2.08. The predicted molar refractivity (Wildman–Crippen MR) is 89.7 cm³/mol. The summed E-state index contributed by atoms with van der Waals surface area (Å²) in [6.07, 6.45) is 3.02. The predicted octanol–water partition coefficient (Wildman–Crippen LogP) is 5.18. The summed E-state index contributed by atoms with van der Waals surface area (Å²) in [6.45, 7) is 0.475. The molecule has 0 aliphatic rings. The lowest BCUT2D eigenvalue weighted by atomic mass is 10.2. The van der Waals surface area contributed by atoms with Gasteiger partial charge in [0, 0.05) is 10.9 Å². The number of aromatic nitrogens is 1. The average Bonchev–Trinajstić information content (AvgIpc) is 2.84. The van der Waals surface area contributed by atoms with Gasteiger partial charge in [0.1, 0.15) is 20.9 Å². The monoisotopic (exact) mass is 407 g/mol. The molecule has 0 radical (unpaired) electrons. The quantitative estimate of drug-likeness (QED) is 0.592. The zero-order valence-corrected chi connectivity index (χ0v) is 14.9. The molecular formula is C14H12BrCl2NO2S. The van der Waals surface area contributed by atoms with E-state index >= 15 is 0 Å².